The number of ether oxygens (including phenoxy) is 2. The summed E-state index contributed by atoms with van der Waals surface area (Å²) in [4.78, 5) is 41.5. The quantitative estimate of drug-likeness (QED) is 0.518. The molecule has 3 rings (SSSR count). The number of amidine groups is 1. The second-order valence-corrected chi connectivity index (χ2v) is 7.40. The number of aliphatic imine (C=N–C) groups is 1. The topological polar surface area (TPSA) is 106 Å². The average molecular weight is 440 g/mol. The third kappa shape index (κ3) is 5.73. The van der Waals surface area contributed by atoms with Crippen LogP contribution in [0.1, 0.15) is 22.8 Å². The SMILES string of the molecule is CCOC(=O)c1cccc(N=C2SC(=Cc3ccc(OCC(=O)O)cc3)C(=O)N2C)c1. The molecule has 31 heavy (non-hydrogen) atoms. The standard InChI is InChI=1S/C22H20N2O6S/c1-3-29-21(28)15-5-4-6-16(12-15)23-22-24(2)20(27)18(31-22)11-14-7-9-17(10-8-14)30-13-19(25)26/h4-12H,3,13H2,1-2H3,(H,25,26). The number of esters is 1. The van der Waals surface area contributed by atoms with E-state index in [1.807, 2.05) is 0 Å². The fourth-order valence-corrected chi connectivity index (χ4v) is 3.62. The Hall–Kier alpha value is -3.59. The minimum Gasteiger partial charge on any atom is -0.482 e. The van der Waals surface area contributed by atoms with Crippen molar-refractivity contribution in [1.82, 2.24) is 4.90 Å². The van der Waals surface area contributed by atoms with E-state index in [0.717, 1.165) is 5.56 Å². The zero-order chi connectivity index (χ0) is 22.4. The second kappa shape index (κ2) is 9.94. The van der Waals surface area contributed by atoms with E-state index in [2.05, 4.69) is 4.99 Å². The molecule has 0 unspecified atom stereocenters. The zero-order valence-corrected chi connectivity index (χ0v) is 17.7. The number of amides is 1. The third-order valence-electron chi connectivity index (χ3n) is 4.13. The molecule has 1 aliphatic heterocycles. The Balaban J connectivity index is 1.77. The normalized spacial score (nSPS) is 16.1. The lowest BCUT2D eigenvalue weighted by Gasteiger charge is -2.07. The summed E-state index contributed by atoms with van der Waals surface area (Å²) >= 11 is 1.22. The molecular formula is C22H20N2O6S. The van der Waals surface area contributed by atoms with E-state index < -0.39 is 18.5 Å². The van der Waals surface area contributed by atoms with Crippen LogP contribution >= 0.6 is 11.8 Å². The van der Waals surface area contributed by atoms with Crippen molar-refractivity contribution in [3.05, 3.63) is 64.6 Å². The summed E-state index contributed by atoms with van der Waals surface area (Å²) < 4.78 is 10.1. The summed E-state index contributed by atoms with van der Waals surface area (Å²) in [6.07, 6.45) is 1.72. The van der Waals surface area contributed by atoms with E-state index in [1.165, 1.54) is 16.7 Å². The predicted octanol–water partition coefficient (Wildman–Crippen LogP) is 3.56. The maximum atomic E-state index is 12.6. The second-order valence-electron chi connectivity index (χ2n) is 6.39. The van der Waals surface area contributed by atoms with Crippen molar-refractivity contribution in [2.24, 2.45) is 4.99 Å². The zero-order valence-electron chi connectivity index (χ0n) is 16.9. The number of aliphatic carboxylic acids is 1. The number of hydrogen-bond donors (Lipinski definition) is 1. The van der Waals surface area contributed by atoms with Gasteiger partial charge in [0.15, 0.2) is 11.8 Å². The molecule has 1 N–H and O–H groups in total. The van der Waals surface area contributed by atoms with Crippen molar-refractivity contribution in [3.63, 3.8) is 0 Å². The van der Waals surface area contributed by atoms with Crippen LogP contribution in [-0.4, -0.2) is 53.3 Å². The van der Waals surface area contributed by atoms with Crippen LogP contribution in [-0.2, 0) is 14.3 Å². The number of hydrogen-bond acceptors (Lipinski definition) is 7. The van der Waals surface area contributed by atoms with Crippen molar-refractivity contribution < 1.29 is 29.0 Å². The highest BCUT2D eigenvalue weighted by atomic mass is 32.2. The lowest BCUT2D eigenvalue weighted by Crippen LogP contribution is -2.23. The van der Waals surface area contributed by atoms with Crippen LogP contribution < -0.4 is 4.74 Å². The number of nitrogens with zero attached hydrogens (tertiary/aromatic N) is 2. The molecule has 1 aliphatic rings. The molecule has 1 amide bonds. The van der Waals surface area contributed by atoms with Gasteiger partial charge in [0.05, 0.1) is 22.8 Å². The van der Waals surface area contributed by atoms with Crippen molar-refractivity contribution in [2.75, 3.05) is 20.3 Å². The lowest BCUT2D eigenvalue weighted by atomic mass is 10.2. The van der Waals surface area contributed by atoms with Gasteiger partial charge in [0, 0.05) is 7.05 Å². The van der Waals surface area contributed by atoms with E-state index in [0.29, 0.717) is 27.1 Å². The number of benzene rings is 2. The molecule has 0 atom stereocenters. The van der Waals surface area contributed by atoms with Gasteiger partial charge in [-0.25, -0.2) is 14.6 Å². The number of rotatable bonds is 7. The molecule has 0 aromatic heterocycles. The summed E-state index contributed by atoms with van der Waals surface area (Å²) in [5.41, 5.74) is 1.69. The van der Waals surface area contributed by atoms with Gasteiger partial charge in [-0.1, -0.05) is 18.2 Å². The van der Waals surface area contributed by atoms with Crippen molar-refractivity contribution in [2.45, 2.75) is 6.92 Å². The molecule has 0 saturated carbocycles. The predicted molar refractivity (Wildman–Crippen MR) is 117 cm³/mol. The molecule has 160 valence electrons. The highest BCUT2D eigenvalue weighted by Crippen LogP contribution is 2.33. The first kappa shape index (κ1) is 22.1. The van der Waals surface area contributed by atoms with E-state index >= 15 is 0 Å². The van der Waals surface area contributed by atoms with E-state index in [4.69, 9.17) is 14.6 Å². The number of carboxylic acid groups (broad SMARTS) is 1. The molecule has 1 fully saturated rings. The van der Waals surface area contributed by atoms with Gasteiger partial charge in [-0.15, -0.1) is 0 Å². The Bertz CT molecular complexity index is 1060. The summed E-state index contributed by atoms with van der Waals surface area (Å²) in [5.74, 6) is -1.25. The van der Waals surface area contributed by atoms with Crippen LogP contribution in [0.3, 0.4) is 0 Å². The van der Waals surface area contributed by atoms with Gasteiger partial charge >= 0.3 is 11.9 Å². The number of carboxylic acids is 1. The van der Waals surface area contributed by atoms with E-state index in [-0.39, 0.29) is 12.5 Å². The Morgan fingerprint density at radius 2 is 1.94 bits per heavy atom. The number of likely N-dealkylation sites (N-methyl/N-ethyl adjacent to an activating group) is 1. The Morgan fingerprint density at radius 1 is 1.19 bits per heavy atom. The summed E-state index contributed by atoms with van der Waals surface area (Å²) in [6, 6.07) is 13.4. The Morgan fingerprint density at radius 3 is 2.61 bits per heavy atom. The van der Waals surface area contributed by atoms with E-state index in [1.54, 1.807) is 68.6 Å². The Labute approximate surface area is 183 Å². The first-order chi connectivity index (χ1) is 14.9. The smallest absolute Gasteiger partial charge is 0.341 e. The van der Waals surface area contributed by atoms with Crippen LogP contribution in [0.5, 0.6) is 5.75 Å². The molecule has 0 spiro atoms. The van der Waals surface area contributed by atoms with Crippen LogP contribution in [0.25, 0.3) is 6.08 Å². The molecule has 0 aliphatic carbocycles. The van der Waals surface area contributed by atoms with Crippen LogP contribution in [0.15, 0.2) is 58.4 Å². The number of carbonyl (C=O) groups is 3. The summed E-state index contributed by atoms with van der Waals surface area (Å²) in [7, 11) is 1.63. The number of thioether (sulfide) groups is 1. The van der Waals surface area contributed by atoms with Gasteiger partial charge in [0.1, 0.15) is 5.75 Å². The molecular weight excluding hydrogens is 420 g/mol. The number of carbonyl (C=O) groups excluding carboxylic acids is 2. The van der Waals surface area contributed by atoms with Crippen LogP contribution in [0.4, 0.5) is 5.69 Å². The molecule has 1 heterocycles. The molecule has 2 aromatic carbocycles. The Kier molecular flexibility index (Phi) is 7.09. The first-order valence-corrected chi connectivity index (χ1v) is 10.2. The molecule has 1 saturated heterocycles. The molecule has 0 radical (unpaired) electrons. The van der Waals surface area contributed by atoms with Gasteiger partial charge in [-0.2, -0.15) is 0 Å². The maximum absolute atomic E-state index is 12.6. The first-order valence-electron chi connectivity index (χ1n) is 9.35. The highest BCUT2D eigenvalue weighted by molar-refractivity contribution is 8.18. The third-order valence-corrected chi connectivity index (χ3v) is 5.19. The van der Waals surface area contributed by atoms with Crippen molar-refractivity contribution in [1.29, 1.82) is 0 Å². The van der Waals surface area contributed by atoms with E-state index in [9.17, 15) is 14.4 Å². The van der Waals surface area contributed by atoms with Crippen molar-refractivity contribution >= 4 is 46.5 Å². The lowest BCUT2D eigenvalue weighted by molar-refractivity contribution is -0.139. The fourth-order valence-electron chi connectivity index (χ4n) is 2.64. The van der Waals surface area contributed by atoms with Crippen LogP contribution in [0.2, 0.25) is 0 Å². The van der Waals surface area contributed by atoms with Gasteiger partial charge < -0.3 is 14.6 Å². The van der Waals surface area contributed by atoms with Gasteiger partial charge in [-0.3, -0.25) is 9.69 Å². The molecule has 8 nitrogen and oxygen atoms in total. The molecule has 2 aromatic rings. The average Bonchev–Trinajstić information content (AvgIpc) is 3.01. The minimum atomic E-state index is -1.05. The van der Waals surface area contributed by atoms with Crippen LogP contribution in [0, 0.1) is 0 Å². The van der Waals surface area contributed by atoms with Gasteiger partial charge in [0.25, 0.3) is 5.91 Å². The van der Waals surface area contributed by atoms with Gasteiger partial charge in [-0.05, 0) is 60.7 Å². The monoisotopic (exact) mass is 440 g/mol. The molecule has 9 heteroatoms. The maximum Gasteiger partial charge on any atom is 0.341 e. The molecule has 0 bridgehead atoms. The fraction of sp³-hybridized carbons (Fsp3) is 0.182. The van der Waals surface area contributed by atoms with Crippen molar-refractivity contribution in [3.8, 4) is 5.75 Å². The van der Waals surface area contributed by atoms with Gasteiger partial charge in [0.2, 0.25) is 0 Å². The summed E-state index contributed by atoms with van der Waals surface area (Å²) in [5, 5.41) is 9.14. The highest BCUT2D eigenvalue weighted by Gasteiger charge is 2.30. The largest absolute Gasteiger partial charge is 0.482 e. The summed E-state index contributed by atoms with van der Waals surface area (Å²) in [6.45, 7) is 1.60. The minimum absolute atomic E-state index is 0.198.